The molecular weight excluding hydrogens is 430 g/mol. The number of thioether (sulfide) groups is 1. The van der Waals surface area contributed by atoms with Gasteiger partial charge in [-0.2, -0.15) is 0 Å². The summed E-state index contributed by atoms with van der Waals surface area (Å²) >= 11 is 2.85. The Morgan fingerprint density at radius 1 is 1.26 bits per heavy atom. The molecule has 0 bridgehead atoms. The number of aromatic amines is 1. The van der Waals surface area contributed by atoms with Gasteiger partial charge in [0.25, 0.3) is 5.56 Å². The molecule has 3 heterocycles. The average Bonchev–Trinajstić information content (AvgIpc) is 3.42. The lowest BCUT2D eigenvalue weighted by atomic mass is 10.0. The first-order valence-corrected chi connectivity index (χ1v) is 11.9. The third kappa shape index (κ3) is 4.60. The number of nitrogens with one attached hydrogen (secondary N) is 2. The summed E-state index contributed by atoms with van der Waals surface area (Å²) in [6, 6.07) is 11.6. The molecule has 0 aliphatic heterocycles. The zero-order valence-corrected chi connectivity index (χ0v) is 19.1. The van der Waals surface area contributed by atoms with Crippen LogP contribution in [-0.4, -0.2) is 21.6 Å². The maximum absolute atomic E-state index is 12.7. The molecule has 8 heteroatoms. The minimum Gasteiger partial charge on any atom is -0.464 e. The van der Waals surface area contributed by atoms with Gasteiger partial charge >= 0.3 is 0 Å². The molecule has 3 aromatic heterocycles. The number of aryl methyl sites for hydroxylation is 1. The predicted molar refractivity (Wildman–Crippen MR) is 127 cm³/mol. The molecule has 0 fully saturated rings. The molecule has 0 saturated carbocycles. The number of aromatic nitrogens is 2. The summed E-state index contributed by atoms with van der Waals surface area (Å²) in [6.45, 7) is 5.96. The van der Waals surface area contributed by atoms with Gasteiger partial charge in [0.2, 0.25) is 5.91 Å². The van der Waals surface area contributed by atoms with Crippen LogP contribution in [0.1, 0.15) is 42.1 Å². The van der Waals surface area contributed by atoms with Crippen molar-refractivity contribution in [3.05, 3.63) is 75.3 Å². The second-order valence-electron chi connectivity index (χ2n) is 7.36. The molecule has 2 unspecified atom stereocenters. The number of carbonyl (C=O) groups is 1. The number of nitrogens with zero attached hydrogens (tertiary/aromatic N) is 1. The van der Waals surface area contributed by atoms with Gasteiger partial charge in [0, 0.05) is 10.9 Å². The summed E-state index contributed by atoms with van der Waals surface area (Å²) in [5, 5.41) is 5.33. The van der Waals surface area contributed by atoms with Crippen molar-refractivity contribution in [3.8, 4) is 11.3 Å². The van der Waals surface area contributed by atoms with Crippen LogP contribution < -0.4 is 10.9 Å². The Hall–Kier alpha value is -2.84. The first-order chi connectivity index (χ1) is 14.9. The molecule has 4 aromatic rings. The molecule has 0 radical (unpaired) electrons. The average molecular weight is 454 g/mol. The van der Waals surface area contributed by atoms with Gasteiger partial charge in [-0.1, -0.05) is 24.3 Å². The Kier molecular flexibility index (Phi) is 6.29. The standard InChI is InChI=1S/C23H23N3O3S2/c1-13-7-4-5-8-16(13)14(2)24-19(27)12-30-15(3)21-25-22(28)20-17(11-31-23(20)26-21)18-9-6-10-29-18/h4-11,14-15H,12H2,1-3H3,(H,24,27)(H,25,26,28). The Morgan fingerprint density at radius 2 is 2.06 bits per heavy atom. The summed E-state index contributed by atoms with van der Waals surface area (Å²) in [7, 11) is 0. The number of furan rings is 1. The van der Waals surface area contributed by atoms with Gasteiger partial charge in [-0.05, 0) is 44.0 Å². The fourth-order valence-corrected chi connectivity index (χ4v) is 5.17. The van der Waals surface area contributed by atoms with Crippen LogP contribution in [0.4, 0.5) is 0 Å². The lowest BCUT2D eigenvalue weighted by Gasteiger charge is -2.17. The number of thiophene rings is 1. The molecule has 1 amide bonds. The second-order valence-corrected chi connectivity index (χ2v) is 9.54. The zero-order chi connectivity index (χ0) is 22.0. The van der Waals surface area contributed by atoms with E-state index in [1.165, 1.54) is 23.1 Å². The van der Waals surface area contributed by atoms with Gasteiger partial charge in [0.1, 0.15) is 16.4 Å². The highest BCUT2D eigenvalue weighted by Crippen LogP contribution is 2.33. The third-order valence-corrected chi connectivity index (χ3v) is 7.16. The van der Waals surface area contributed by atoms with Gasteiger partial charge in [0.15, 0.2) is 0 Å². The van der Waals surface area contributed by atoms with Crippen LogP contribution >= 0.6 is 23.1 Å². The largest absolute Gasteiger partial charge is 0.464 e. The summed E-state index contributed by atoms with van der Waals surface area (Å²) in [5.41, 5.74) is 2.81. The predicted octanol–water partition coefficient (Wildman–Crippen LogP) is 5.22. The summed E-state index contributed by atoms with van der Waals surface area (Å²) < 4.78 is 5.43. The number of hydrogen-bond acceptors (Lipinski definition) is 6. The van der Waals surface area contributed by atoms with Crippen LogP contribution in [-0.2, 0) is 4.79 Å². The van der Waals surface area contributed by atoms with Crippen LogP contribution in [0.5, 0.6) is 0 Å². The number of benzene rings is 1. The fourth-order valence-electron chi connectivity index (χ4n) is 3.48. The first kappa shape index (κ1) is 21.4. The molecule has 0 aliphatic carbocycles. The molecule has 6 nitrogen and oxygen atoms in total. The second kappa shape index (κ2) is 9.11. The van der Waals surface area contributed by atoms with E-state index in [2.05, 4.69) is 15.3 Å². The van der Waals surface area contributed by atoms with E-state index >= 15 is 0 Å². The van der Waals surface area contributed by atoms with Crippen molar-refractivity contribution in [1.29, 1.82) is 0 Å². The van der Waals surface area contributed by atoms with E-state index < -0.39 is 0 Å². The zero-order valence-electron chi connectivity index (χ0n) is 17.5. The van der Waals surface area contributed by atoms with E-state index in [1.807, 2.05) is 56.5 Å². The minimum atomic E-state index is -0.197. The van der Waals surface area contributed by atoms with Crippen LogP contribution in [0.3, 0.4) is 0 Å². The van der Waals surface area contributed by atoms with Gasteiger partial charge in [-0.3, -0.25) is 9.59 Å². The Balaban J connectivity index is 1.43. The van der Waals surface area contributed by atoms with Crippen LogP contribution in [0.25, 0.3) is 21.5 Å². The van der Waals surface area contributed by atoms with Crippen molar-refractivity contribution in [2.24, 2.45) is 0 Å². The maximum Gasteiger partial charge on any atom is 0.260 e. The number of fused-ring (bicyclic) bond motifs is 1. The number of carbonyl (C=O) groups excluding carboxylic acids is 1. The highest BCUT2D eigenvalue weighted by atomic mass is 32.2. The lowest BCUT2D eigenvalue weighted by Crippen LogP contribution is -2.29. The molecular formula is C23H23N3O3S2. The normalized spacial score (nSPS) is 13.3. The summed E-state index contributed by atoms with van der Waals surface area (Å²) in [5.74, 6) is 1.44. The van der Waals surface area contributed by atoms with Crippen LogP contribution in [0.15, 0.2) is 57.3 Å². The van der Waals surface area contributed by atoms with Gasteiger partial charge in [-0.15, -0.1) is 23.1 Å². The first-order valence-electron chi connectivity index (χ1n) is 9.96. The molecule has 31 heavy (non-hydrogen) atoms. The van der Waals surface area contributed by atoms with Crippen LogP contribution in [0, 0.1) is 6.92 Å². The van der Waals surface area contributed by atoms with E-state index in [9.17, 15) is 9.59 Å². The molecule has 0 spiro atoms. The van der Waals surface area contributed by atoms with E-state index in [4.69, 9.17) is 4.42 Å². The molecule has 4 rings (SSSR count). The minimum absolute atomic E-state index is 0.0488. The number of hydrogen-bond donors (Lipinski definition) is 2. The fraction of sp³-hybridized carbons (Fsp3) is 0.261. The Labute approximate surface area is 188 Å². The smallest absolute Gasteiger partial charge is 0.260 e. The molecule has 2 N–H and O–H groups in total. The van der Waals surface area contributed by atoms with Gasteiger partial charge in [0.05, 0.1) is 28.7 Å². The molecule has 1 aromatic carbocycles. The van der Waals surface area contributed by atoms with Crippen molar-refractivity contribution >= 4 is 39.2 Å². The monoisotopic (exact) mass is 453 g/mol. The summed E-state index contributed by atoms with van der Waals surface area (Å²) in [4.78, 5) is 33.4. The third-order valence-electron chi connectivity index (χ3n) is 5.13. The highest BCUT2D eigenvalue weighted by molar-refractivity contribution is 8.00. The Bertz CT molecular complexity index is 1260. The van der Waals surface area contributed by atoms with Crippen molar-refractivity contribution in [2.45, 2.75) is 32.1 Å². The SMILES string of the molecule is Cc1ccccc1C(C)NC(=O)CSC(C)c1nc2scc(-c3ccco3)c2c(=O)[nH]1. The highest BCUT2D eigenvalue weighted by Gasteiger charge is 2.19. The van der Waals surface area contributed by atoms with Gasteiger partial charge in [-0.25, -0.2) is 4.98 Å². The number of amides is 1. The van der Waals surface area contributed by atoms with Gasteiger partial charge < -0.3 is 14.7 Å². The van der Waals surface area contributed by atoms with Crippen molar-refractivity contribution < 1.29 is 9.21 Å². The van der Waals surface area contributed by atoms with E-state index in [0.29, 0.717) is 21.8 Å². The van der Waals surface area contributed by atoms with Crippen LogP contribution in [0.2, 0.25) is 0 Å². The van der Waals surface area contributed by atoms with E-state index in [1.54, 1.807) is 12.3 Å². The van der Waals surface area contributed by atoms with E-state index in [-0.39, 0.29) is 28.5 Å². The van der Waals surface area contributed by atoms with Crippen molar-refractivity contribution in [1.82, 2.24) is 15.3 Å². The Morgan fingerprint density at radius 3 is 2.81 bits per heavy atom. The number of H-pyrrole nitrogens is 1. The van der Waals surface area contributed by atoms with E-state index in [0.717, 1.165) is 16.7 Å². The maximum atomic E-state index is 12.7. The quantitative estimate of drug-likeness (QED) is 0.400. The van der Waals surface area contributed by atoms with Crippen molar-refractivity contribution in [2.75, 3.05) is 5.75 Å². The number of rotatable bonds is 7. The summed E-state index contributed by atoms with van der Waals surface area (Å²) in [6.07, 6.45) is 1.58. The molecule has 160 valence electrons. The molecule has 0 saturated heterocycles. The van der Waals surface area contributed by atoms with Crippen molar-refractivity contribution in [3.63, 3.8) is 0 Å². The topological polar surface area (TPSA) is 88.0 Å². The molecule has 0 aliphatic rings. The lowest BCUT2D eigenvalue weighted by molar-refractivity contribution is -0.119. The molecule has 2 atom stereocenters.